The summed E-state index contributed by atoms with van der Waals surface area (Å²) < 4.78 is 1.84. The molecule has 124 valence electrons. The van der Waals surface area contributed by atoms with Crippen LogP contribution < -0.4 is 0 Å². The minimum atomic E-state index is 0.249. The molecule has 1 saturated heterocycles. The number of aromatic nitrogens is 2. The average Bonchev–Trinajstić information content (AvgIpc) is 2.77. The Morgan fingerprint density at radius 3 is 2.50 bits per heavy atom. The number of carbonyl (C=O) groups excluding carboxylic acids is 1. The second-order valence-electron chi connectivity index (χ2n) is 7.03. The second kappa shape index (κ2) is 7.27. The van der Waals surface area contributed by atoms with Crippen molar-refractivity contribution in [2.45, 2.75) is 46.1 Å². The molecule has 22 heavy (non-hydrogen) atoms. The van der Waals surface area contributed by atoms with Crippen LogP contribution in [0.25, 0.3) is 0 Å². The molecule has 1 amide bonds. The molecule has 0 bridgehead atoms. The highest BCUT2D eigenvalue weighted by molar-refractivity contribution is 5.79. The van der Waals surface area contributed by atoms with E-state index in [2.05, 4.69) is 35.8 Å². The van der Waals surface area contributed by atoms with Crippen LogP contribution in [0.3, 0.4) is 0 Å². The molecule has 0 saturated carbocycles. The first-order valence-corrected chi connectivity index (χ1v) is 8.34. The second-order valence-corrected chi connectivity index (χ2v) is 7.03. The number of hydrogen-bond acceptors (Lipinski definition) is 3. The summed E-state index contributed by atoms with van der Waals surface area (Å²) in [6.07, 6.45) is 4.47. The van der Waals surface area contributed by atoms with Crippen molar-refractivity contribution >= 4 is 5.91 Å². The third-order valence-corrected chi connectivity index (χ3v) is 4.69. The van der Waals surface area contributed by atoms with E-state index in [9.17, 15) is 4.79 Å². The Kier molecular flexibility index (Phi) is 5.62. The van der Waals surface area contributed by atoms with Crippen LogP contribution >= 0.6 is 0 Å². The van der Waals surface area contributed by atoms with E-state index in [0.717, 1.165) is 43.7 Å². The molecule has 2 rings (SSSR count). The van der Waals surface area contributed by atoms with Gasteiger partial charge in [-0.25, -0.2) is 0 Å². The normalized spacial score (nSPS) is 17.2. The molecule has 1 aliphatic heterocycles. The predicted molar refractivity (Wildman–Crippen MR) is 88.7 cm³/mol. The molecular formula is C17H30N4O. The monoisotopic (exact) mass is 306 g/mol. The van der Waals surface area contributed by atoms with Gasteiger partial charge in [0.25, 0.3) is 0 Å². The SMILES string of the molecule is Cc1c(CC(=O)N(CC(C)C)C2CCN(C)CC2)cnn1C. The zero-order valence-corrected chi connectivity index (χ0v) is 14.7. The number of rotatable bonds is 5. The van der Waals surface area contributed by atoms with Gasteiger partial charge in [0.05, 0.1) is 12.6 Å². The lowest BCUT2D eigenvalue weighted by atomic mass is 10.0. The molecular weight excluding hydrogens is 276 g/mol. The van der Waals surface area contributed by atoms with Crippen LogP contribution in [0.4, 0.5) is 0 Å². The smallest absolute Gasteiger partial charge is 0.227 e. The Morgan fingerprint density at radius 1 is 1.36 bits per heavy atom. The van der Waals surface area contributed by atoms with Gasteiger partial charge in [0.15, 0.2) is 0 Å². The van der Waals surface area contributed by atoms with Gasteiger partial charge in [0, 0.05) is 30.9 Å². The van der Waals surface area contributed by atoms with Gasteiger partial charge in [-0.05, 0) is 45.8 Å². The van der Waals surface area contributed by atoms with Gasteiger partial charge in [0.2, 0.25) is 5.91 Å². The lowest BCUT2D eigenvalue weighted by molar-refractivity contribution is -0.134. The van der Waals surface area contributed by atoms with Crippen LogP contribution in [0.1, 0.15) is 37.9 Å². The Labute approximate surface area is 134 Å². The maximum absolute atomic E-state index is 12.9. The zero-order chi connectivity index (χ0) is 16.3. The number of likely N-dealkylation sites (tertiary alicyclic amines) is 1. The molecule has 0 atom stereocenters. The van der Waals surface area contributed by atoms with E-state index in [0.29, 0.717) is 18.4 Å². The summed E-state index contributed by atoms with van der Waals surface area (Å²) in [7, 11) is 4.08. The summed E-state index contributed by atoms with van der Waals surface area (Å²) in [4.78, 5) is 17.3. The summed E-state index contributed by atoms with van der Waals surface area (Å²) in [6.45, 7) is 9.41. The van der Waals surface area contributed by atoms with Gasteiger partial charge in [-0.1, -0.05) is 13.8 Å². The van der Waals surface area contributed by atoms with Gasteiger partial charge in [-0.15, -0.1) is 0 Å². The van der Waals surface area contributed by atoms with Gasteiger partial charge in [-0.2, -0.15) is 5.10 Å². The van der Waals surface area contributed by atoms with Crippen LogP contribution in [0.15, 0.2) is 6.20 Å². The fourth-order valence-corrected chi connectivity index (χ4v) is 3.14. The molecule has 0 N–H and O–H groups in total. The van der Waals surface area contributed by atoms with E-state index in [1.807, 2.05) is 24.9 Å². The van der Waals surface area contributed by atoms with E-state index in [1.165, 1.54) is 0 Å². The number of nitrogens with zero attached hydrogens (tertiary/aromatic N) is 4. The summed E-state index contributed by atoms with van der Waals surface area (Å²) >= 11 is 0. The van der Waals surface area contributed by atoms with Gasteiger partial charge in [0.1, 0.15) is 0 Å². The predicted octanol–water partition coefficient (Wildman–Crippen LogP) is 1.85. The lowest BCUT2D eigenvalue weighted by Crippen LogP contribution is -2.48. The highest BCUT2D eigenvalue weighted by atomic mass is 16.2. The standard InChI is InChI=1S/C17H30N4O/c1-13(2)12-21(16-6-8-19(4)9-7-16)17(22)10-15-11-18-20(5)14(15)3/h11,13,16H,6-10,12H2,1-5H3. The number of carbonyl (C=O) groups is 1. The Balaban J connectivity index is 2.07. The third kappa shape index (κ3) is 4.09. The van der Waals surface area contributed by atoms with Crippen molar-refractivity contribution in [2.24, 2.45) is 13.0 Å². The van der Waals surface area contributed by atoms with Crippen LogP contribution in [-0.4, -0.2) is 58.2 Å². The van der Waals surface area contributed by atoms with Crippen molar-refractivity contribution in [3.05, 3.63) is 17.5 Å². The minimum Gasteiger partial charge on any atom is -0.339 e. The topological polar surface area (TPSA) is 41.4 Å². The quantitative estimate of drug-likeness (QED) is 0.833. The van der Waals surface area contributed by atoms with Crippen molar-refractivity contribution in [1.29, 1.82) is 0 Å². The number of aryl methyl sites for hydroxylation is 1. The van der Waals surface area contributed by atoms with E-state index >= 15 is 0 Å². The van der Waals surface area contributed by atoms with E-state index in [-0.39, 0.29) is 5.91 Å². The van der Waals surface area contributed by atoms with Crippen molar-refractivity contribution in [2.75, 3.05) is 26.7 Å². The van der Waals surface area contributed by atoms with Crippen LogP contribution in [0.5, 0.6) is 0 Å². The first-order chi connectivity index (χ1) is 10.4. The third-order valence-electron chi connectivity index (χ3n) is 4.69. The summed E-state index contributed by atoms with van der Waals surface area (Å²) in [5.74, 6) is 0.748. The molecule has 1 fully saturated rings. The highest BCUT2D eigenvalue weighted by Crippen LogP contribution is 2.19. The van der Waals surface area contributed by atoms with Crippen LogP contribution in [0.2, 0.25) is 0 Å². The first kappa shape index (κ1) is 17.0. The molecule has 1 aromatic heterocycles. The maximum atomic E-state index is 12.9. The van der Waals surface area contributed by atoms with Crippen LogP contribution in [-0.2, 0) is 18.3 Å². The Morgan fingerprint density at radius 2 is 2.00 bits per heavy atom. The molecule has 0 radical (unpaired) electrons. The molecule has 1 aliphatic rings. The van der Waals surface area contributed by atoms with Gasteiger partial charge >= 0.3 is 0 Å². The molecule has 0 aliphatic carbocycles. The molecule has 1 aromatic rings. The molecule has 5 heteroatoms. The largest absolute Gasteiger partial charge is 0.339 e. The van der Waals surface area contributed by atoms with E-state index in [4.69, 9.17) is 0 Å². The summed E-state index contributed by atoms with van der Waals surface area (Å²) in [6, 6.07) is 0.392. The maximum Gasteiger partial charge on any atom is 0.227 e. The van der Waals surface area contributed by atoms with E-state index in [1.54, 1.807) is 0 Å². The van der Waals surface area contributed by atoms with Crippen molar-refractivity contribution < 1.29 is 4.79 Å². The molecule has 0 spiro atoms. The van der Waals surface area contributed by atoms with Gasteiger partial charge in [-0.3, -0.25) is 9.48 Å². The van der Waals surface area contributed by atoms with Crippen molar-refractivity contribution in [1.82, 2.24) is 19.6 Å². The molecule has 0 unspecified atom stereocenters. The first-order valence-electron chi connectivity index (χ1n) is 8.34. The number of amides is 1. The summed E-state index contributed by atoms with van der Waals surface area (Å²) in [5.41, 5.74) is 2.13. The van der Waals surface area contributed by atoms with Crippen molar-refractivity contribution in [3.8, 4) is 0 Å². The van der Waals surface area contributed by atoms with E-state index < -0.39 is 0 Å². The minimum absolute atomic E-state index is 0.249. The van der Waals surface area contributed by atoms with Crippen molar-refractivity contribution in [3.63, 3.8) is 0 Å². The Hall–Kier alpha value is -1.36. The lowest BCUT2D eigenvalue weighted by Gasteiger charge is -2.38. The number of hydrogen-bond donors (Lipinski definition) is 0. The average molecular weight is 306 g/mol. The Bertz CT molecular complexity index is 501. The fourth-order valence-electron chi connectivity index (χ4n) is 3.14. The fraction of sp³-hybridized carbons (Fsp3) is 0.765. The van der Waals surface area contributed by atoms with Gasteiger partial charge < -0.3 is 9.80 Å². The molecule has 2 heterocycles. The summed E-state index contributed by atoms with van der Waals surface area (Å²) in [5, 5.41) is 4.25. The highest BCUT2D eigenvalue weighted by Gasteiger charge is 2.27. The molecule has 0 aromatic carbocycles. The number of piperidine rings is 1. The molecule has 5 nitrogen and oxygen atoms in total. The zero-order valence-electron chi connectivity index (χ0n) is 14.7. The van der Waals surface area contributed by atoms with Crippen LogP contribution in [0, 0.1) is 12.8 Å².